The molecule has 0 aromatic rings. The van der Waals surface area contributed by atoms with Gasteiger partial charge in [0.25, 0.3) is 0 Å². The lowest BCUT2D eigenvalue weighted by Crippen LogP contribution is -2.35. The van der Waals surface area contributed by atoms with Crippen molar-refractivity contribution in [2.24, 2.45) is 5.92 Å². The second-order valence-electron chi connectivity index (χ2n) is 3.21. The molecule has 0 bridgehead atoms. The SMILES string of the molecule is CNC(=S)N(C)CCC1CC1. The summed E-state index contributed by atoms with van der Waals surface area (Å²) in [5.74, 6) is 0.997. The van der Waals surface area contributed by atoms with E-state index in [1.807, 2.05) is 14.1 Å². The molecule has 3 heteroatoms. The monoisotopic (exact) mass is 172 g/mol. The van der Waals surface area contributed by atoms with E-state index in [1.54, 1.807) is 0 Å². The van der Waals surface area contributed by atoms with Crippen molar-refractivity contribution >= 4 is 17.3 Å². The fourth-order valence-electron chi connectivity index (χ4n) is 1.08. The summed E-state index contributed by atoms with van der Waals surface area (Å²) in [6.07, 6.45) is 4.17. The van der Waals surface area contributed by atoms with Gasteiger partial charge in [-0.05, 0) is 24.6 Å². The highest BCUT2D eigenvalue weighted by Crippen LogP contribution is 2.32. The Kier molecular flexibility index (Phi) is 3.12. The van der Waals surface area contributed by atoms with E-state index in [1.165, 1.54) is 19.3 Å². The van der Waals surface area contributed by atoms with Gasteiger partial charge in [0.15, 0.2) is 5.11 Å². The molecular weight excluding hydrogens is 156 g/mol. The molecule has 0 heterocycles. The lowest BCUT2D eigenvalue weighted by molar-refractivity contribution is 0.466. The maximum Gasteiger partial charge on any atom is 0.168 e. The van der Waals surface area contributed by atoms with Gasteiger partial charge in [-0.2, -0.15) is 0 Å². The molecule has 1 aliphatic rings. The summed E-state index contributed by atoms with van der Waals surface area (Å²) >= 11 is 5.07. The van der Waals surface area contributed by atoms with Crippen molar-refractivity contribution in [3.05, 3.63) is 0 Å². The first-order valence-electron chi connectivity index (χ1n) is 4.17. The summed E-state index contributed by atoms with van der Waals surface area (Å²) in [6, 6.07) is 0. The van der Waals surface area contributed by atoms with Crippen molar-refractivity contribution in [2.45, 2.75) is 19.3 Å². The molecule has 0 aliphatic heterocycles. The molecule has 0 radical (unpaired) electrons. The van der Waals surface area contributed by atoms with E-state index < -0.39 is 0 Å². The van der Waals surface area contributed by atoms with Gasteiger partial charge in [-0.3, -0.25) is 0 Å². The molecule has 0 amide bonds. The van der Waals surface area contributed by atoms with E-state index in [9.17, 15) is 0 Å². The number of nitrogens with one attached hydrogen (secondary N) is 1. The number of rotatable bonds is 3. The molecule has 1 aliphatic carbocycles. The quantitative estimate of drug-likeness (QED) is 0.644. The third-order valence-electron chi connectivity index (χ3n) is 2.13. The van der Waals surface area contributed by atoms with Crippen molar-refractivity contribution in [2.75, 3.05) is 20.6 Å². The predicted octanol–water partition coefficient (Wildman–Crippen LogP) is 1.22. The van der Waals surface area contributed by atoms with E-state index in [0.29, 0.717) is 0 Å². The minimum absolute atomic E-state index is 0.852. The minimum Gasteiger partial charge on any atom is -0.366 e. The van der Waals surface area contributed by atoms with E-state index in [-0.39, 0.29) is 0 Å². The maximum absolute atomic E-state index is 5.07. The first kappa shape index (κ1) is 8.78. The van der Waals surface area contributed by atoms with Gasteiger partial charge in [0.1, 0.15) is 0 Å². The highest BCUT2D eigenvalue weighted by molar-refractivity contribution is 7.80. The number of thiocarbonyl (C=S) groups is 1. The number of hydrogen-bond donors (Lipinski definition) is 1. The molecule has 1 fully saturated rings. The standard InChI is InChI=1S/C8H16N2S/c1-9-8(11)10(2)6-5-7-3-4-7/h7H,3-6H2,1-2H3,(H,9,11). The van der Waals surface area contributed by atoms with Crippen LogP contribution in [0.1, 0.15) is 19.3 Å². The van der Waals surface area contributed by atoms with Crippen molar-refractivity contribution in [1.82, 2.24) is 10.2 Å². The highest BCUT2D eigenvalue weighted by Gasteiger charge is 2.21. The third kappa shape index (κ3) is 3.06. The van der Waals surface area contributed by atoms with Crippen LogP contribution in [0.5, 0.6) is 0 Å². The summed E-state index contributed by atoms with van der Waals surface area (Å²) in [4.78, 5) is 2.10. The van der Waals surface area contributed by atoms with Crippen molar-refractivity contribution in [3.8, 4) is 0 Å². The Bertz CT molecular complexity index is 143. The van der Waals surface area contributed by atoms with Crippen LogP contribution in [-0.2, 0) is 0 Å². The molecule has 1 saturated carbocycles. The Hall–Kier alpha value is -0.310. The zero-order valence-corrected chi connectivity index (χ0v) is 8.08. The zero-order chi connectivity index (χ0) is 8.27. The fraction of sp³-hybridized carbons (Fsp3) is 0.875. The third-order valence-corrected chi connectivity index (χ3v) is 2.65. The van der Waals surface area contributed by atoms with E-state index in [4.69, 9.17) is 12.2 Å². The van der Waals surface area contributed by atoms with Gasteiger partial charge >= 0.3 is 0 Å². The first-order valence-corrected chi connectivity index (χ1v) is 4.57. The molecule has 0 unspecified atom stereocenters. The van der Waals surface area contributed by atoms with E-state index in [2.05, 4.69) is 10.2 Å². The Balaban J connectivity index is 2.08. The summed E-state index contributed by atoms with van der Waals surface area (Å²) in [6.45, 7) is 1.10. The molecular formula is C8H16N2S. The van der Waals surface area contributed by atoms with Crippen LogP contribution in [0.4, 0.5) is 0 Å². The smallest absolute Gasteiger partial charge is 0.168 e. The van der Waals surface area contributed by atoms with Crippen LogP contribution < -0.4 is 5.32 Å². The van der Waals surface area contributed by atoms with Gasteiger partial charge in [-0.25, -0.2) is 0 Å². The van der Waals surface area contributed by atoms with E-state index in [0.717, 1.165) is 17.6 Å². The summed E-state index contributed by atoms with van der Waals surface area (Å²) < 4.78 is 0. The molecule has 1 rings (SSSR count). The molecule has 0 aromatic carbocycles. The molecule has 1 N–H and O–H groups in total. The van der Waals surface area contributed by atoms with Crippen molar-refractivity contribution in [3.63, 3.8) is 0 Å². The van der Waals surface area contributed by atoms with E-state index >= 15 is 0 Å². The topological polar surface area (TPSA) is 15.3 Å². The van der Waals surface area contributed by atoms with Crippen LogP contribution >= 0.6 is 12.2 Å². The Morgan fingerprint density at radius 2 is 2.27 bits per heavy atom. The first-order chi connectivity index (χ1) is 5.24. The largest absolute Gasteiger partial charge is 0.366 e. The normalized spacial score (nSPS) is 16.2. The Morgan fingerprint density at radius 1 is 1.64 bits per heavy atom. The van der Waals surface area contributed by atoms with Gasteiger partial charge in [-0.1, -0.05) is 12.8 Å². The molecule has 2 nitrogen and oxygen atoms in total. The molecule has 64 valence electrons. The molecule has 11 heavy (non-hydrogen) atoms. The fourth-order valence-corrected chi connectivity index (χ4v) is 1.17. The van der Waals surface area contributed by atoms with Crippen LogP contribution in [0, 0.1) is 5.92 Å². The molecule has 0 aromatic heterocycles. The summed E-state index contributed by atoms with van der Waals surface area (Å²) in [5.41, 5.74) is 0. The average molecular weight is 172 g/mol. The van der Waals surface area contributed by atoms with Crippen LogP contribution in [0.15, 0.2) is 0 Å². The summed E-state index contributed by atoms with van der Waals surface area (Å²) in [7, 11) is 3.91. The minimum atomic E-state index is 0.852. The second kappa shape index (κ2) is 3.90. The highest BCUT2D eigenvalue weighted by atomic mass is 32.1. The Labute approximate surface area is 74.0 Å². The lowest BCUT2D eigenvalue weighted by Gasteiger charge is -2.18. The maximum atomic E-state index is 5.07. The van der Waals surface area contributed by atoms with Gasteiger partial charge in [0, 0.05) is 20.6 Å². The molecule has 0 saturated heterocycles. The van der Waals surface area contributed by atoms with Gasteiger partial charge < -0.3 is 10.2 Å². The average Bonchev–Trinajstić information content (AvgIpc) is 2.81. The van der Waals surface area contributed by atoms with Gasteiger partial charge in [0.2, 0.25) is 0 Å². The van der Waals surface area contributed by atoms with Crippen molar-refractivity contribution in [1.29, 1.82) is 0 Å². The number of hydrogen-bond acceptors (Lipinski definition) is 1. The summed E-state index contributed by atoms with van der Waals surface area (Å²) in [5, 5.41) is 3.82. The molecule has 0 atom stereocenters. The van der Waals surface area contributed by atoms with Crippen molar-refractivity contribution < 1.29 is 0 Å². The second-order valence-corrected chi connectivity index (χ2v) is 3.60. The van der Waals surface area contributed by atoms with Gasteiger partial charge in [0.05, 0.1) is 0 Å². The Morgan fingerprint density at radius 3 is 2.73 bits per heavy atom. The number of nitrogens with zero attached hydrogens (tertiary/aromatic N) is 1. The van der Waals surface area contributed by atoms with Crippen LogP contribution in [-0.4, -0.2) is 30.7 Å². The predicted molar refractivity (Wildman–Crippen MR) is 51.6 cm³/mol. The zero-order valence-electron chi connectivity index (χ0n) is 7.26. The van der Waals surface area contributed by atoms with Gasteiger partial charge in [-0.15, -0.1) is 0 Å². The van der Waals surface area contributed by atoms with Crippen LogP contribution in [0.25, 0.3) is 0 Å². The lowest BCUT2D eigenvalue weighted by atomic mass is 10.3. The van der Waals surface area contributed by atoms with Crippen LogP contribution in [0.3, 0.4) is 0 Å². The van der Waals surface area contributed by atoms with Crippen LogP contribution in [0.2, 0.25) is 0 Å². The molecule has 0 spiro atoms.